The Morgan fingerprint density at radius 1 is 1.40 bits per heavy atom. The first-order valence-electron chi connectivity index (χ1n) is 6.69. The molecule has 0 radical (unpaired) electrons. The molecule has 0 saturated heterocycles. The van der Waals surface area contributed by atoms with Crippen LogP contribution in [0.1, 0.15) is 22.5 Å². The van der Waals surface area contributed by atoms with Gasteiger partial charge in [0.25, 0.3) is 0 Å². The molecule has 108 valence electrons. The van der Waals surface area contributed by atoms with Crippen LogP contribution in [0.15, 0.2) is 28.7 Å². The maximum atomic E-state index is 10.9. The Bertz CT molecular complexity index is 592. The van der Waals surface area contributed by atoms with Gasteiger partial charge in [-0.25, -0.2) is 4.79 Å². The molecule has 5 heteroatoms. The van der Waals surface area contributed by atoms with Crippen LogP contribution in [0.25, 0.3) is 11.0 Å². The highest BCUT2D eigenvalue weighted by atomic mass is 16.4. The molecule has 1 aromatic carbocycles. The number of furan rings is 1. The van der Waals surface area contributed by atoms with E-state index >= 15 is 0 Å². The highest BCUT2D eigenvalue weighted by Crippen LogP contribution is 2.21. The normalized spacial score (nSPS) is 11.3. The van der Waals surface area contributed by atoms with Crippen LogP contribution in [-0.2, 0) is 6.54 Å². The molecule has 0 aliphatic heterocycles. The lowest BCUT2D eigenvalue weighted by Gasteiger charge is -2.16. The second-order valence-corrected chi connectivity index (χ2v) is 4.98. The van der Waals surface area contributed by atoms with E-state index in [0.717, 1.165) is 37.0 Å². The lowest BCUT2D eigenvalue weighted by Crippen LogP contribution is -2.22. The summed E-state index contributed by atoms with van der Waals surface area (Å²) in [5.74, 6) is -1.05. The molecule has 1 heterocycles. The van der Waals surface area contributed by atoms with Crippen molar-refractivity contribution >= 4 is 16.9 Å². The fraction of sp³-hybridized carbons (Fsp3) is 0.400. The number of carboxylic acids is 1. The van der Waals surface area contributed by atoms with Crippen molar-refractivity contribution in [3.63, 3.8) is 0 Å². The van der Waals surface area contributed by atoms with Crippen LogP contribution in [0.5, 0.6) is 0 Å². The first-order chi connectivity index (χ1) is 9.60. The van der Waals surface area contributed by atoms with Gasteiger partial charge in [-0.05, 0) is 57.4 Å². The van der Waals surface area contributed by atoms with Gasteiger partial charge in [-0.2, -0.15) is 0 Å². The van der Waals surface area contributed by atoms with E-state index in [2.05, 4.69) is 17.3 Å². The zero-order valence-corrected chi connectivity index (χ0v) is 11.8. The summed E-state index contributed by atoms with van der Waals surface area (Å²) in [6, 6.07) is 7.37. The van der Waals surface area contributed by atoms with Gasteiger partial charge in [0.2, 0.25) is 5.76 Å². The van der Waals surface area contributed by atoms with E-state index in [1.165, 1.54) is 0 Å². The number of carboxylic acid groups (broad SMARTS) is 1. The summed E-state index contributed by atoms with van der Waals surface area (Å²) < 4.78 is 5.25. The average Bonchev–Trinajstić information content (AvgIpc) is 2.82. The van der Waals surface area contributed by atoms with Crippen molar-refractivity contribution in [2.45, 2.75) is 13.0 Å². The molecule has 2 rings (SSSR count). The Balaban J connectivity index is 2.05. The van der Waals surface area contributed by atoms with Gasteiger partial charge in [0.1, 0.15) is 5.58 Å². The van der Waals surface area contributed by atoms with Crippen molar-refractivity contribution in [3.8, 4) is 0 Å². The molecule has 20 heavy (non-hydrogen) atoms. The maximum absolute atomic E-state index is 10.9. The van der Waals surface area contributed by atoms with Crippen molar-refractivity contribution in [2.24, 2.45) is 0 Å². The Hall–Kier alpha value is -1.85. The van der Waals surface area contributed by atoms with E-state index in [1.807, 2.05) is 25.2 Å². The highest BCUT2D eigenvalue weighted by Gasteiger charge is 2.11. The Labute approximate surface area is 118 Å². The Morgan fingerprint density at radius 2 is 2.20 bits per heavy atom. The van der Waals surface area contributed by atoms with Crippen LogP contribution >= 0.6 is 0 Å². The van der Waals surface area contributed by atoms with Crippen LogP contribution in [0.2, 0.25) is 0 Å². The number of fused-ring (bicyclic) bond motifs is 1. The largest absolute Gasteiger partial charge is 0.475 e. The highest BCUT2D eigenvalue weighted by molar-refractivity contribution is 5.91. The van der Waals surface area contributed by atoms with Gasteiger partial charge in [0, 0.05) is 11.9 Å². The summed E-state index contributed by atoms with van der Waals surface area (Å²) in [6.07, 6.45) is 1.10. The Kier molecular flexibility index (Phi) is 4.76. The third-order valence-electron chi connectivity index (χ3n) is 3.21. The quantitative estimate of drug-likeness (QED) is 0.759. The van der Waals surface area contributed by atoms with E-state index in [0.29, 0.717) is 5.58 Å². The molecule has 0 aliphatic carbocycles. The molecular weight excluding hydrogens is 256 g/mol. The van der Waals surface area contributed by atoms with Gasteiger partial charge in [-0.15, -0.1) is 0 Å². The summed E-state index contributed by atoms with van der Waals surface area (Å²) in [7, 11) is 4.03. The average molecular weight is 276 g/mol. The number of nitrogens with zero attached hydrogens (tertiary/aromatic N) is 1. The number of rotatable bonds is 7. The Morgan fingerprint density at radius 3 is 2.90 bits per heavy atom. The number of benzene rings is 1. The fourth-order valence-electron chi connectivity index (χ4n) is 2.21. The molecular formula is C15H20N2O3. The molecule has 2 N–H and O–H groups in total. The summed E-state index contributed by atoms with van der Waals surface area (Å²) in [6.45, 7) is 2.87. The minimum Gasteiger partial charge on any atom is -0.475 e. The lowest BCUT2D eigenvalue weighted by atomic mass is 10.1. The van der Waals surface area contributed by atoms with Crippen LogP contribution in [-0.4, -0.2) is 43.2 Å². The predicted molar refractivity (Wildman–Crippen MR) is 78.1 cm³/mol. The van der Waals surface area contributed by atoms with E-state index in [4.69, 9.17) is 9.52 Å². The van der Waals surface area contributed by atoms with E-state index in [9.17, 15) is 4.79 Å². The summed E-state index contributed by atoms with van der Waals surface area (Å²) in [5.41, 5.74) is 1.77. The summed E-state index contributed by atoms with van der Waals surface area (Å²) >= 11 is 0. The molecule has 2 aromatic rings. The van der Waals surface area contributed by atoms with Crippen molar-refractivity contribution in [2.75, 3.05) is 27.2 Å². The molecule has 0 spiro atoms. The minimum atomic E-state index is -1.04. The van der Waals surface area contributed by atoms with Gasteiger partial charge in [-0.3, -0.25) is 0 Å². The topological polar surface area (TPSA) is 65.7 Å². The van der Waals surface area contributed by atoms with Crippen LogP contribution < -0.4 is 5.32 Å². The van der Waals surface area contributed by atoms with Crippen molar-refractivity contribution in [1.82, 2.24) is 10.2 Å². The number of aromatic carboxylic acids is 1. The van der Waals surface area contributed by atoms with E-state index in [1.54, 1.807) is 6.07 Å². The van der Waals surface area contributed by atoms with Gasteiger partial charge < -0.3 is 19.7 Å². The van der Waals surface area contributed by atoms with Crippen LogP contribution in [0, 0.1) is 0 Å². The van der Waals surface area contributed by atoms with Crippen LogP contribution in [0.3, 0.4) is 0 Å². The first kappa shape index (κ1) is 14.6. The predicted octanol–water partition coefficient (Wildman–Crippen LogP) is 2.17. The fourth-order valence-corrected chi connectivity index (χ4v) is 2.21. The monoisotopic (exact) mass is 276 g/mol. The van der Waals surface area contributed by atoms with Crippen molar-refractivity contribution < 1.29 is 14.3 Å². The van der Waals surface area contributed by atoms with Gasteiger partial charge >= 0.3 is 5.97 Å². The maximum Gasteiger partial charge on any atom is 0.371 e. The molecule has 0 atom stereocenters. The molecule has 1 aromatic heterocycles. The standard InChI is InChI=1S/C15H20N2O3/c1-16-6-3-7-17(2)10-11-4-5-13-12(8-11)9-14(20-13)15(18)19/h4-5,8-9,16H,3,6-7,10H2,1-2H3,(H,18,19). The van der Waals surface area contributed by atoms with Gasteiger partial charge in [0.05, 0.1) is 0 Å². The van der Waals surface area contributed by atoms with E-state index in [-0.39, 0.29) is 5.76 Å². The van der Waals surface area contributed by atoms with Gasteiger partial charge in [-0.1, -0.05) is 6.07 Å². The molecule has 0 amide bonds. The number of nitrogens with one attached hydrogen (secondary N) is 1. The van der Waals surface area contributed by atoms with Crippen molar-refractivity contribution in [1.29, 1.82) is 0 Å². The molecule has 0 bridgehead atoms. The molecule has 0 fully saturated rings. The summed E-state index contributed by atoms with van der Waals surface area (Å²) in [4.78, 5) is 13.1. The molecule has 5 nitrogen and oxygen atoms in total. The molecule has 0 unspecified atom stereocenters. The SMILES string of the molecule is CNCCCN(C)Cc1ccc2oc(C(=O)O)cc2c1. The molecule has 0 saturated carbocycles. The van der Waals surface area contributed by atoms with Gasteiger partial charge in [0.15, 0.2) is 0 Å². The smallest absolute Gasteiger partial charge is 0.371 e. The minimum absolute atomic E-state index is 0.0143. The zero-order valence-electron chi connectivity index (χ0n) is 11.8. The van der Waals surface area contributed by atoms with Crippen molar-refractivity contribution in [3.05, 3.63) is 35.6 Å². The number of hydrogen-bond donors (Lipinski definition) is 2. The molecule has 0 aliphatic rings. The second-order valence-electron chi connectivity index (χ2n) is 4.98. The zero-order chi connectivity index (χ0) is 14.5. The number of hydrogen-bond acceptors (Lipinski definition) is 4. The summed E-state index contributed by atoms with van der Waals surface area (Å²) in [5, 5.41) is 12.9. The first-order valence-corrected chi connectivity index (χ1v) is 6.69. The van der Waals surface area contributed by atoms with E-state index < -0.39 is 5.97 Å². The van der Waals surface area contributed by atoms with Crippen LogP contribution in [0.4, 0.5) is 0 Å². The third-order valence-corrected chi connectivity index (χ3v) is 3.21. The third kappa shape index (κ3) is 3.59. The number of carbonyl (C=O) groups is 1. The lowest BCUT2D eigenvalue weighted by molar-refractivity contribution is 0.0665. The second kappa shape index (κ2) is 6.54.